The first-order valence-electron chi connectivity index (χ1n) is 5.80. The van der Waals surface area contributed by atoms with Crippen molar-refractivity contribution in [1.29, 1.82) is 0 Å². The van der Waals surface area contributed by atoms with Gasteiger partial charge in [0.25, 0.3) is 5.56 Å². The fourth-order valence-corrected chi connectivity index (χ4v) is 2.09. The number of nitrogens with one attached hydrogen (secondary N) is 1. The zero-order valence-corrected chi connectivity index (χ0v) is 10.5. The Balaban J connectivity index is 2.44. The lowest BCUT2D eigenvalue weighted by Crippen LogP contribution is -2.38. The highest BCUT2D eigenvalue weighted by Crippen LogP contribution is 2.30. The molecular formula is C10H13N5O5. The molecule has 1 aromatic heterocycles. The molecule has 0 bridgehead atoms. The summed E-state index contributed by atoms with van der Waals surface area (Å²) in [6, 6.07) is -1.02. The van der Waals surface area contributed by atoms with Crippen LogP contribution in [-0.4, -0.2) is 44.6 Å². The van der Waals surface area contributed by atoms with Crippen molar-refractivity contribution < 1.29 is 14.9 Å². The molecule has 10 nitrogen and oxygen atoms in total. The molecule has 1 aliphatic heterocycles. The maximum atomic E-state index is 11.7. The second-order valence-electron chi connectivity index (χ2n) is 4.41. The van der Waals surface area contributed by atoms with Crippen LogP contribution in [-0.2, 0) is 4.74 Å². The number of nitrogens with zero attached hydrogens (tertiary/aromatic N) is 4. The van der Waals surface area contributed by atoms with Crippen LogP contribution in [0.2, 0.25) is 0 Å². The molecule has 0 aromatic carbocycles. The molecule has 2 rings (SSSR count). The fraction of sp³-hybridized carbons (Fsp3) is 0.600. The third kappa shape index (κ3) is 2.32. The predicted molar refractivity (Wildman–Crippen MR) is 66.0 cm³/mol. The quantitative estimate of drug-likeness (QED) is 0.360. The Kier molecular flexibility index (Phi) is 3.91. The molecule has 0 spiro atoms. The normalized spacial score (nSPS) is 29.1. The van der Waals surface area contributed by atoms with E-state index in [1.807, 2.05) is 0 Å². The summed E-state index contributed by atoms with van der Waals surface area (Å²) in [5.41, 5.74) is 7.40. The predicted octanol–water partition coefficient (Wildman–Crippen LogP) is -1.23. The molecular weight excluding hydrogens is 270 g/mol. The summed E-state index contributed by atoms with van der Waals surface area (Å²) in [5.74, 6) is 0. The number of aromatic amines is 1. The van der Waals surface area contributed by atoms with E-state index in [0.717, 1.165) is 4.57 Å². The van der Waals surface area contributed by atoms with Crippen molar-refractivity contribution in [3.63, 3.8) is 0 Å². The van der Waals surface area contributed by atoms with E-state index in [9.17, 15) is 14.7 Å². The number of H-pyrrole nitrogens is 1. The van der Waals surface area contributed by atoms with Crippen LogP contribution in [0.15, 0.2) is 20.9 Å². The summed E-state index contributed by atoms with van der Waals surface area (Å²) in [7, 11) is 0. The molecule has 4 atom stereocenters. The molecule has 0 radical (unpaired) electrons. The van der Waals surface area contributed by atoms with E-state index >= 15 is 0 Å². The average Bonchev–Trinajstić information content (AvgIpc) is 2.72. The van der Waals surface area contributed by atoms with Crippen molar-refractivity contribution in [3.05, 3.63) is 43.0 Å². The van der Waals surface area contributed by atoms with Gasteiger partial charge in [0.05, 0.1) is 18.8 Å². The minimum atomic E-state index is -1.31. The van der Waals surface area contributed by atoms with Gasteiger partial charge in [-0.05, 0) is 12.5 Å². The van der Waals surface area contributed by atoms with Crippen LogP contribution in [0.4, 0.5) is 0 Å². The Morgan fingerprint density at radius 2 is 2.30 bits per heavy atom. The van der Waals surface area contributed by atoms with Gasteiger partial charge < -0.3 is 14.9 Å². The van der Waals surface area contributed by atoms with Gasteiger partial charge >= 0.3 is 5.69 Å². The lowest BCUT2D eigenvalue weighted by molar-refractivity contribution is -0.0532. The highest BCUT2D eigenvalue weighted by atomic mass is 16.5. The monoisotopic (exact) mass is 283 g/mol. The summed E-state index contributed by atoms with van der Waals surface area (Å²) in [4.78, 5) is 27.7. The van der Waals surface area contributed by atoms with Crippen LogP contribution in [0.1, 0.15) is 11.8 Å². The lowest BCUT2D eigenvalue weighted by atomic mass is 10.1. The molecule has 0 amide bonds. The summed E-state index contributed by atoms with van der Waals surface area (Å²) < 4.78 is 6.32. The Labute approximate surface area is 111 Å². The van der Waals surface area contributed by atoms with Crippen LogP contribution >= 0.6 is 0 Å². The molecule has 0 aliphatic carbocycles. The minimum absolute atomic E-state index is 0.258. The van der Waals surface area contributed by atoms with Gasteiger partial charge in [-0.2, -0.15) is 0 Å². The maximum Gasteiger partial charge on any atom is 0.330 e. The number of hydrogen-bond donors (Lipinski definition) is 3. The van der Waals surface area contributed by atoms with Gasteiger partial charge in [0.1, 0.15) is 6.10 Å². The molecule has 108 valence electrons. The van der Waals surface area contributed by atoms with E-state index in [-0.39, 0.29) is 5.56 Å². The molecule has 1 saturated heterocycles. The molecule has 0 unspecified atom stereocenters. The highest BCUT2D eigenvalue weighted by Gasteiger charge is 2.44. The van der Waals surface area contributed by atoms with E-state index < -0.39 is 42.3 Å². The molecule has 20 heavy (non-hydrogen) atoms. The Morgan fingerprint density at radius 1 is 1.60 bits per heavy atom. The summed E-state index contributed by atoms with van der Waals surface area (Å²) in [6.07, 6.45) is -2.15. The van der Waals surface area contributed by atoms with Crippen molar-refractivity contribution in [2.75, 3.05) is 6.61 Å². The zero-order chi connectivity index (χ0) is 14.9. The third-order valence-electron chi connectivity index (χ3n) is 3.12. The number of hydrogen-bond acceptors (Lipinski definition) is 6. The van der Waals surface area contributed by atoms with E-state index in [4.69, 9.17) is 15.4 Å². The highest BCUT2D eigenvalue weighted by molar-refractivity contribution is 5.04. The number of ether oxygens (including phenoxy) is 1. The molecule has 1 fully saturated rings. The Bertz CT molecular complexity index is 661. The van der Waals surface area contributed by atoms with Gasteiger partial charge in [0, 0.05) is 16.7 Å². The number of aliphatic hydroxyl groups is 2. The van der Waals surface area contributed by atoms with E-state index in [1.165, 1.54) is 13.1 Å². The SMILES string of the molecule is Cc1cn([C@@H]2O[C@H](CO)[C@@H](N=[N+]=[N-])[C@H]2O)c(=O)[nH]c1=O. The van der Waals surface area contributed by atoms with Gasteiger partial charge in [0.15, 0.2) is 6.23 Å². The minimum Gasteiger partial charge on any atom is -0.394 e. The van der Waals surface area contributed by atoms with Crippen molar-refractivity contribution >= 4 is 0 Å². The smallest absolute Gasteiger partial charge is 0.330 e. The largest absolute Gasteiger partial charge is 0.394 e. The van der Waals surface area contributed by atoms with E-state index in [0.29, 0.717) is 0 Å². The summed E-state index contributed by atoms with van der Waals surface area (Å²) in [5, 5.41) is 22.6. The van der Waals surface area contributed by atoms with Gasteiger partial charge in [-0.3, -0.25) is 14.3 Å². The van der Waals surface area contributed by atoms with E-state index in [2.05, 4.69) is 15.0 Å². The summed E-state index contributed by atoms with van der Waals surface area (Å²) in [6.45, 7) is 1.01. The molecule has 10 heteroatoms. The Hall–Kier alpha value is -2.13. The van der Waals surface area contributed by atoms with E-state index in [1.54, 1.807) is 0 Å². The van der Waals surface area contributed by atoms with Crippen molar-refractivity contribution in [3.8, 4) is 0 Å². The zero-order valence-electron chi connectivity index (χ0n) is 10.5. The molecule has 2 heterocycles. The fourth-order valence-electron chi connectivity index (χ4n) is 2.09. The van der Waals surface area contributed by atoms with Gasteiger partial charge in [-0.15, -0.1) is 0 Å². The first-order valence-corrected chi connectivity index (χ1v) is 5.80. The van der Waals surface area contributed by atoms with Crippen molar-refractivity contribution in [2.45, 2.75) is 31.4 Å². The number of azide groups is 1. The topological polar surface area (TPSA) is 153 Å². The molecule has 1 aliphatic rings. The van der Waals surface area contributed by atoms with Crippen LogP contribution in [0.3, 0.4) is 0 Å². The van der Waals surface area contributed by atoms with Crippen molar-refractivity contribution in [1.82, 2.24) is 9.55 Å². The van der Waals surface area contributed by atoms with Crippen LogP contribution in [0.25, 0.3) is 10.4 Å². The second-order valence-corrected chi connectivity index (χ2v) is 4.41. The third-order valence-corrected chi connectivity index (χ3v) is 3.12. The van der Waals surface area contributed by atoms with Crippen LogP contribution in [0, 0.1) is 6.92 Å². The molecule has 3 N–H and O–H groups in total. The number of aryl methyl sites for hydroxylation is 1. The van der Waals surface area contributed by atoms with Gasteiger partial charge in [-0.1, -0.05) is 5.11 Å². The lowest BCUT2D eigenvalue weighted by Gasteiger charge is -2.17. The number of rotatable bonds is 3. The summed E-state index contributed by atoms with van der Waals surface area (Å²) >= 11 is 0. The standard InChI is InChI=1S/C10H13N5O5/c1-4-2-15(10(19)12-8(4)18)9-7(17)6(13-14-11)5(3-16)20-9/h2,5-7,9,16-17H,3H2,1H3,(H,12,18,19)/t5-,6-,7-,9-/m1/s1. The molecule has 1 aromatic rings. The van der Waals surface area contributed by atoms with Crippen LogP contribution in [0.5, 0.6) is 0 Å². The maximum absolute atomic E-state index is 11.7. The molecule has 0 saturated carbocycles. The van der Waals surface area contributed by atoms with Gasteiger partial charge in [0.2, 0.25) is 0 Å². The Morgan fingerprint density at radius 3 is 2.90 bits per heavy atom. The van der Waals surface area contributed by atoms with Crippen LogP contribution < -0.4 is 11.2 Å². The second kappa shape index (κ2) is 5.47. The first-order chi connectivity index (χ1) is 9.49. The van der Waals surface area contributed by atoms with Gasteiger partial charge in [-0.25, -0.2) is 4.79 Å². The number of aromatic nitrogens is 2. The van der Waals surface area contributed by atoms with Crippen molar-refractivity contribution in [2.24, 2.45) is 5.11 Å². The average molecular weight is 283 g/mol. The number of aliphatic hydroxyl groups excluding tert-OH is 2. The first kappa shape index (κ1) is 14.3.